The Labute approximate surface area is 79.2 Å². The van der Waals surface area contributed by atoms with Crippen LogP contribution >= 0.6 is 0 Å². The zero-order valence-corrected chi connectivity index (χ0v) is 8.53. The number of ether oxygens (including phenoxy) is 1. The molecule has 0 saturated carbocycles. The molecule has 0 aliphatic carbocycles. The maximum Gasteiger partial charge on any atom is 0.166 e. The van der Waals surface area contributed by atoms with E-state index in [1.165, 1.54) is 5.92 Å². The van der Waals surface area contributed by atoms with Crippen molar-refractivity contribution >= 4 is 6.40 Å². The van der Waals surface area contributed by atoms with Crippen LogP contribution in [0.3, 0.4) is 0 Å². The van der Waals surface area contributed by atoms with E-state index in [-0.39, 0.29) is 22.9 Å². The van der Waals surface area contributed by atoms with Crippen LogP contribution in [-0.4, -0.2) is 18.5 Å². The fourth-order valence-corrected chi connectivity index (χ4v) is 1.19. The van der Waals surface area contributed by atoms with Crippen LogP contribution in [-0.2, 0) is 22.1 Å². The Bertz CT molecular complexity index is 145. The molecule has 2 nitrogen and oxygen atoms in total. The fraction of sp³-hybridized carbons (Fsp3) is 0.750. The molecule has 0 bridgehead atoms. The van der Waals surface area contributed by atoms with Gasteiger partial charge in [0.05, 0.1) is 0 Å². The fourth-order valence-electron chi connectivity index (χ4n) is 1.19. The summed E-state index contributed by atoms with van der Waals surface area (Å²) in [6.45, 7) is 7.06. The molecule has 1 aliphatic rings. The molecule has 0 saturated heterocycles. The van der Waals surface area contributed by atoms with Gasteiger partial charge < -0.3 is 4.74 Å². The SMILES string of the molecule is C[C-]1COC=NC(C)(C)C1.[Cr]. The molecule has 0 fully saturated rings. The first-order chi connectivity index (χ1) is 4.60. The Balaban J connectivity index is 0.000001000. The Hall–Kier alpha value is 0.00247. The summed E-state index contributed by atoms with van der Waals surface area (Å²) in [4.78, 5) is 4.24. The van der Waals surface area contributed by atoms with Crippen LogP contribution in [0, 0.1) is 5.92 Å². The predicted octanol–water partition coefficient (Wildman–Crippen LogP) is 1.81. The van der Waals surface area contributed by atoms with Crippen molar-refractivity contribution in [3.05, 3.63) is 5.92 Å². The van der Waals surface area contributed by atoms with Crippen molar-refractivity contribution in [3.63, 3.8) is 0 Å². The van der Waals surface area contributed by atoms with Gasteiger partial charge in [0, 0.05) is 22.9 Å². The van der Waals surface area contributed by atoms with Gasteiger partial charge in [0.2, 0.25) is 0 Å². The Morgan fingerprint density at radius 1 is 1.55 bits per heavy atom. The number of nitrogens with zero attached hydrogens (tertiary/aromatic N) is 1. The van der Waals surface area contributed by atoms with Crippen molar-refractivity contribution in [2.75, 3.05) is 6.61 Å². The second kappa shape index (κ2) is 4.13. The van der Waals surface area contributed by atoms with E-state index in [1.807, 2.05) is 0 Å². The van der Waals surface area contributed by atoms with Gasteiger partial charge in [-0.1, -0.05) is 0 Å². The molecule has 0 unspecified atom stereocenters. The van der Waals surface area contributed by atoms with Crippen LogP contribution in [0.2, 0.25) is 0 Å². The normalized spacial score (nSPS) is 23.2. The van der Waals surface area contributed by atoms with Crippen molar-refractivity contribution in [1.29, 1.82) is 0 Å². The topological polar surface area (TPSA) is 21.6 Å². The van der Waals surface area contributed by atoms with Gasteiger partial charge in [-0.3, -0.25) is 10.9 Å². The molecule has 3 heteroatoms. The molecular formula is C8H14CrNO-. The molecule has 0 aromatic heterocycles. The third-order valence-corrected chi connectivity index (χ3v) is 1.54. The summed E-state index contributed by atoms with van der Waals surface area (Å²) < 4.78 is 5.11. The third-order valence-electron chi connectivity index (χ3n) is 1.54. The van der Waals surface area contributed by atoms with Gasteiger partial charge in [-0.05, 0) is 20.5 Å². The van der Waals surface area contributed by atoms with E-state index in [4.69, 9.17) is 4.74 Å². The molecule has 0 aromatic rings. The molecule has 11 heavy (non-hydrogen) atoms. The zero-order valence-electron chi connectivity index (χ0n) is 7.26. The van der Waals surface area contributed by atoms with Crippen LogP contribution in [0.4, 0.5) is 0 Å². The molecule has 64 valence electrons. The van der Waals surface area contributed by atoms with E-state index in [1.54, 1.807) is 6.40 Å². The minimum atomic E-state index is 0. The van der Waals surface area contributed by atoms with E-state index in [0.717, 1.165) is 13.0 Å². The third kappa shape index (κ3) is 3.79. The molecule has 0 spiro atoms. The number of hydrogen-bond donors (Lipinski definition) is 0. The minimum Gasteiger partial charge on any atom is -0.516 e. The Morgan fingerprint density at radius 2 is 2.18 bits per heavy atom. The van der Waals surface area contributed by atoms with Crippen LogP contribution in [0.1, 0.15) is 27.2 Å². The second-order valence-corrected chi connectivity index (χ2v) is 3.49. The summed E-state index contributed by atoms with van der Waals surface area (Å²) in [5.74, 6) is 1.36. The van der Waals surface area contributed by atoms with Crippen molar-refractivity contribution in [2.24, 2.45) is 4.99 Å². The molecule has 0 amide bonds. The first-order valence-corrected chi connectivity index (χ1v) is 3.57. The summed E-state index contributed by atoms with van der Waals surface area (Å²) in [5.41, 5.74) is 0.0422. The number of aliphatic imine (C=N–C) groups is 1. The summed E-state index contributed by atoms with van der Waals surface area (Å²) in [7, 11) is 0. The standard InChI is InChI=1S/C8H14NO.Cr/c1-7-4-8(2,3)9-6-10-5-7;/h6H,4-5H2,1-3H3;/q-1;. The van der Waals surface area contributed by atoms with E-state index in [9.17, 15) is 0 Å². The van der Waals surface area contributed by atoms with Crippen LogP contribution in [0.5, 0.6) is 0 Å². The first kappa shape index (κ1) is 11.0. The van der Waals surface area contributed by atoms with Crippen molar-refractivity contribution in [2.45, 2.75) is 32.7 Å². The van der Waals surface area contributed by atoms with Gasteiger partial charge in [0.15, 0.2) is 6.40 Å². The Kier molecular flexibility index (Phi) is 4.14. The Morgan fingerprint density at radius 3 is 2.82 bits per heavy atom. The van der Waals surface area contributed by atoms with Gasteiger partial charge in [-0.2, -0.15) is 6.92 Å². The van der Waals surface area contributed by atoms with Crippen molar-refractivity contribution in [1.82, 2.24) is 0 Å². The van der Waals surface area contributed by atoms with E-state index >= 15 is 0 Å². The average molecular weight is 192 g/mol. The minimum absolute atomic E-state index is 0. The van der Waals surface area contributed by atoms with Crippen LogP contribution < -0.4 is 0 Å². The zero-order chi connectivity index (χ0) is 7.61. The summed E-state index contributed by atoms with van der Waals surface area (Å²) in [6, 6.07) is 0. The van der Waals surface area contributed by atoms with Crippen molar-refractivity contribution in [3.8, 4) is 0 Å². The first-order valence-electron chi connectivity index (χ1n) is 3.57. The molecular weight excluding hydrogens is 178 g/mol. The van der Waals surface area contributed by atoms with E-state index < -0.39 is 0 Å². The number of hydrogen-bond acceptors (Lipinski definition) is 2. The maximum atomic E-state index is 5.11. The van der Waals surface area contributed by atoms with Crippen molar-refractivity contribution < 1.29 is 22.1 Å². The quantitative estimate of drug-likeness (QED) is 0.536. The van der Waals surface area contributed by atoms with E-state index in [0.29, 0.717) is 0 Å². The predicted molar refractivity (Wildman–Crippen MR) is 42.1 cm³/mol. The van der Waals surface area contributed by atoms with Gasteiger partial charge in [0.25, 0.3) is 0 Å². The van der Waals surface area contributed by atoms with Gasteiger partial charge in [-0.25, -0.2) is 0 Å². The summed E-state index contributed by atoms with van der Waals surface area (Å²) in [5, 5.41) is 0. The smallest absolute Gasteiger partial charge is 0.166 e. The molecule has 1 rings (SSSR count). The molecule has 0 N–H and O–H groups in total. The molecule has 1 aliphatic heterocycles. The monoisotopic (exact) mass is 192 g/mol. The summed E-state index contributed by atoms with van der Waals surface area (Å²) in [6.07, 6.45) is 2.60. The molecule has 0 aromatic carbocycles. The molecule has 1 heterocycles. The maximum absolute atomic E-state index is 5.11. The van der Waals surface area contributed by atoms with Crippen LogP contribution in [0.15, 0.2) is 4.99 Å². The second-order valence-electron chi connectivity index (χ2n) is 3.49. The van der Waals surface area contributed by atoms with Crippen LogP contribution in [0.25, 0.3) is 0 Å². The van der Waals surface area contributed by atoms with Gasteiger partial charge in [0.1, 0.15) is 0 Å². The average Bonchev–Trinajstić information content (AvgIpc) is 1.90. The van der Waals surface area contributed by atoms with Gasteiger partial charge in [-0.15, -0.1) is 6.42 Å². The van der Waals surface area contributed by atoms with Gasteiger partial charge >= 0.3 is 0 Å². The van der Waals surface area contributed by atoms with E-state index in [2.05, 4.69) is 25.8 Å². The number of rotatable bonds is 0. The largest absolute Gasteiger partial charge is 0.516 e. The molecule has 0 radical (unpaired) electrons. The summed E-state index contributed by atoms with van der Waals surface area (Å²) >= 11 is 0. The molecule has 0 atom stereocenters.